The molecular weight excluding hydrogens is 320 g/mol. The molecule has 0 saturated carbocycles. The average Bonchev–Trinajstić information content (AvgIpc) is 2.53. The van der Waals surface area contributed by atoms with Gasteiger partial charge in [-0.25, -0.2) is 4.79 Å². The number of hydrogen-bond donors (Lipinski definition) is 0. The summed E-state index contributed by atoms with van der Waals surface area (Å²) in [5.41, 5.74) is 0.103. The van der Waals surface area contributed by atoms with Crippen LogP contribution in [0.15, 0.2) is 23.8 Å². The van der Waals surface area contributed by atoms with E-state index in [0.29, 0.717) is 31.6 Å². The third kappa shape index (κ3) is 5.44. The Balaban J connectivity index is 1.89. The number of carbonyl (C=O) groups excluding carboxylic acids is 3. The Labute approximate surface area is 149 Å². The summed E-state index contributed by atoms with van der Waals surface area (Å²) >= 11 is 0. The fourth-order valence-corrected chi connectivity index (χ4v) is 3.00. The van der Waals surface area contributed by atoms with Gasteiger partial charge in [0.2, 0.25) is 0 Å². The number of amides is 3. The number of imide groups is 1. The van der Waals surface area contributed by atoms with E-state index in [-0.39, 0.29) is 23.8 Å². The predicted molar refractivity (Wildman–Crippen MR) is 94.8 cm³/mol. The lowest BCUT2D eigenvalue weighted by Crippen LogP contribution is -2.42. The van der Waals surface area contributed by atoms with Crippen LogP contribution in [-0.4, -0.2) is 52.9 Å². The van der Waals surface area contributed by atoms with Gasteiger partial charge in [0, 0.05) is 25.2 Å². The Morgan fingerprint density at radius 2 is 1.84 bits per heavy atom. The maximum atomic E-state index is 12.4. The molecule has 1 saturated heterocycles. The van der Waals surface area contributed by atoms with Crippen LogP contribution in [-0.2, 0) is 14.3 Å². The molecule has 0 N–H and O–H groups in total. The van der Waals surface area contributed by atoms with Crippen molar-refractivity contribution in [2.45, 2.75) is 52.6 Å². The first-order valence-electron chi connectivity index (χ1n) is 8.86. The van der Waals surface area contributed by atoms with Gasteiger partial charge in [0.1, 0.15) is 5.60 Å². The molecule has 3 amide bonds. The van der Waals surface area contributed by atoms with Crippen LogP contribution in [0.4, 0.5) is 4.79 Å². The maximum absolute atomic E-state index is 12.4. The Morgan fingerprint density at radius 3 is 2.40 bits per heavy atom. The van der Waals surface area contributed by atoms with Crippen LogP contribution < -0.4 is 0 Å². The normalized spacial score (nSPS) is 20.0. The number of nitrogens with zero attached hydrogens (tertiary/aromatic N) is 2. The maximum Gasteiger partial charge on any atom is 0.410 e. The van der Waals surface area contributed by atoms with Crippen LogP contribution in [0.25, 0.3) is 0 Å². The SMILES string of the molecule is C/C(=C/C1CCN(C(=O)OC(C)(C)C)CC1)C(=O)N1CCC=CC1=O. The lowest BCUT2D eigenvalue weighted by atomic mass is 9.94. The van der Waals surface area contributed by atoms with E-state index in [1.807, 2.05) is 26.8 Å². The molecule has 6 heteroatoms. The summed E-state index contributed by atoms with van der Waals surface area (Å²) in [7, 11) is 0. The molecule has 138 valence electrons. The summed E-state index contributed by atoms with van der Waals surface area (Å²) in [4.78, 5) is 39.3. The standard InChI is InChI=1S/C19H28N2O4/c1-14(17(23)21-10-6-5-7-16(21)22)13-15-8-11-20(12-9-15)18(24)25-19(2,3)4/h5,7,13,15H,6,8-12H2,1-4H3/b14-13-. The van der Waals surface area contributed by atoms with Gasteiger partial charge in [-0.1, -0.05) is 12.2 Å². The molecular formula is C19H28N2O4. The summed E-state index contributed by atoms with van der Waals surface area (Å²) < 4.78 is 5.39. The van der Waals surface area contributed by atoms with E-state index in [2.05, 4.69) is 0 Å². The summed E-state index contributed by atoms with van der Waals surface area (Å²) in [6, 6.07) is 0. The molecule has 1 fully saturated rings. The van der Waals surface area contributed by atoms with Crippen molar-refractivity contribution in [3.8, 4) is 0 Å². The molecule has 0 aromatic heterocycles. The zero-order valence-corrected chi connectivity index (χ0v) is 15.6. The summed E-state index contributed by atoms with van der Waals surface area (Å²) in [6.45, 7) is 8.99. The lowest BCUT2D eigenvalue weighted by molar-refractivity contribution is -0.139. The van der Waals surface area contributed by atoms with E-state index in [1.54, 1.807) is 17.9 Å². The highest BCUT2D eigenvalue weighted by molar-refractivity contribution is 6.07. The lowest BCUT2D eigenvalue weighted by Gasteiger charge is -2.32. The highest BCUT2D eigenvalue weighted by atomic mass is 16.6. The topological polar surface area (TPSA) is 66.9 Å². The van der Waals surface area contributed by atoms with E-state index in [4.69, 9.17) is 4.74 Å². The monoisotopic (exact) mass is 348 g/mol. The van der Waals surface area contributed by atoms with Gasteiger partial charge in [-0.15, -0.1) is 0 Å². The summed E-state index contributed by atoms with van der Waals surface area (Å²) in [5, 5.41) is 0. The molecule has 0 atom stereocenters. The average molecular weight is 348 g/mol. The number of likely N-dealkylation sites (tertiary alicyclic amines) is 1. The second kappa shape index (κ2) is 7.85. The van der Waals surface area contributed by atoms with Crippen molar-refractivity contribution in [2.75, 3.05) is 19.6 Å². The Morgan fingerprint density at radius 1 is 1.20 bits per heavy atom. The fraction of sp³-hybridized carbons (Fsp3) is 0.632. The number of ether oxygens (including phenoxy) is 1. The highest BCUT2D eigenvalue weighted by Crippen LogP contribution is 2.22. The molecule has 0 bridgehead atoms. The van der Waals surface area contributed by atoms with Gasteiger partial charge in [0.15, 0.2) is 0 Å². The minimum Gasteiger partial charge on any atom is -0.444 e. The van der Waals surface area contributed by atoms with Gasteiger partial charge in [-0.3, -0.25) is 14.5 Å². The first-order chi connectivity index (χ1) is 11.7. The van der Waals surface area contributed by atoms with Gasteiger partial charge in [0.05, 0.1) is 0 Å². The van der Waals surface area contributed by atoms with Crippen molar-refractivity contribution in [3.63, 3.8) is 0 Å². The summed E-state index contributed by atoms with van der Waals surface area (Å²) in [5.74, 6) is -0.231. The van der Waals surface area contributed by atoms with E-state index < -0.39 is 5.60 Å². The van der Waals surface area contributed by atoms with Crippen LogP contribution in [0.2, 0.25) is 0 Å². The van der Waals surface area contributed by atoms with Gasteiger partial charge in [0.25, 0.3) is 11.8 Å². The fourth-order valence-electron chi connectivity index (χ4n) is 3.00. The van der Waals surface area contributed by atoms with E-state index >= 15 is 0 Å². The molecule has 25 heavy (non-hydrogen) atoms. The number of rotatable bonds is 2. The van der Waals surface area contributed by atoms with Crippen molar-refractivity contribution in [2.24, 2.45) is 5.92 Å². The van der Waals surface area contributed by atoms with Crippen LogP contribution in [0.3, 0.4) is 0 Å². The molecule has 0 spiro atoms. The quantitative estimate of drug-likeness (QED) is 0.720. The van der Waals surface area contributed by atoms with Crippen LogP contribution in [0.5, 0.6) is 0 Å². The van der Waals surface area contributed by atoms with Gasteiger partial charge < -0.3 is 9.64 Å². The smallest absolute Gasteiger partial charge is 0.410 e. The largest absolute Gasteiger partial charge is 0.444 e. The Kier molecular flexibility index (Phi) is 6.03. The number of hydrogen-bond acceptors (Lipinski definition) is 4. The van der Waals surface area contributed by atoms with Gasteiger partial charge in [-0.05, 0) is 59.0 Å². The molecule has 6 nitrogen and oxygen atoms in total. The predicted octanol–water partition coefficient (Wildman–Crippen LogP) is 2.89. The second-order valence-corrected chi connectivity index (χ2v) is 7.64. The van der Waals surface area contributed by atoms with E-state index in [1.165, 1.54) is 11.0 Å². The first kappa shape index (κ1) is 19.2. The van der Waals surface area contributed by atoms with Crippen LogP contribution >= 0.6 is 0 Å². The molecule has 0 aliphatic carbocycles. The Bertz CT molecular complexity index is 593. The highest BCUT2D eigenvalue weighted by Gasteiger charge is 2.27. The van der Waals surface area contributed by atoms with Crippen LogP contribution in [0, 0.1) is 5.92 Å². The molecule has 0 aromatic rings. The third-order valence-corrected chi connectivity index (χ3v) is 4.31. The molecule has 2 aliphatic heterocycles. The molecule has 2 rings (SSSR count). The molecule has 0 radical (unpaired) electrons. The first-order valence-corrected chi connectivity index (χ1v) is 8.86. The van der Waals surface area contributed by atoms with Crippen molar-refractivity contribution in [3.05, 3.63) is 23.8 Å². The zero-order chi connectivity index (χ0) is 18.6. The second-order valence-electron chi connectivity index (χ2n) is 7.64. The van der Waals surface area contributed by atoms with E-state index in [9.17, 15) is 14.4 Å². The van der Waals surface area contributed by atoms with Crippen molar-refractivity contribution in [1.29, 1.82) is 0 Å². The number of carbonyl (C=O) groups is 3. The van der Waals surface area contributed by atoms with Crippen molar-refractivity contribution >= 4 is 17.9 Å². The summed E-state index contributed by atoms with van der Waals surface area (Å²) in [6.07, 6.45) is 7.19. The minimum atomic E-state index is -0.494. The molecule has 2 aliphatic rings. The van der Waals surface area contributed by atoms with Gasteiger partial charge >= 0.3 is 6.09 Å². The Hall–Kier alpha value is -2.11. The van der Waals surface area contributed by atoms with Crippen molar-refractivity contribution < 1.29 is 19.1 Å². The van der Waals surface area contributed by atoms with Crippen molar-refractivity contribution in [1.82, 2.24) is 9.80 Å². The van der Waals surface area contributed by atoms with Gasteiger partial charge in [-0.2, -0.15) is 0 Å². The molecule has 2 heterocycles. The van der Waals surface area contributed by atoms with E-state index in [0.717, 1.165) is 12.8 Å². The zero-order valence-electron chi connectivity index (χ0n) is 15.6. The number of allylic oxidation sites excluding steroid dienone is 1. The van der Waals surface area contributed by atoms with Crippen LogP contribution in [0.1, 0.15) is 47.0 Å². The molecule has 0 aromatic carbocycles. The molecule has 0 unspecified atom stereocenters. The third-order valence-electron chi connectivity index (χ3n) is 4.31. The number of piperidine rings is 1. The minimum absolute atomic E-state index is 0.219.